The Morgan fingerprint density at radius 3 is 2.58 bits per heavy atom. The Hall–Kier alpha value is -1.15. The van der Waals surface area contributed by atoms with Crippen LogP contribution in [-0.2, 0) is 14.3 Å². The third-order valence-electron chi connectivity index (χ3n) is 3.97. The van der Waals surface area contributed by atoms with E-state index in [1.807, 2.05) is 24.3 Å². The van der Waals surface area contributed by atoms with Crippen molar-refractivity contribution in [1.82, 2.24) is 4.90 Å². The minimum atomic E-state index is -0.634. The van der Waals surface area contributed by atoms with Crippen LogP contribution in [0.25, 0.3) is 0 Å². The molecule has 2 amide bonds. The average Bonchev–Trinajstić information content (AvgIpc) is 2.56. The van der Waals surface area contributed by atoms with Gasteiger partial charge in [-0.05, 0) is 40.9 Å². The molecule has 0 aliphatic carbocycles. The standard InChI is InChI=1S/C16H22BrN3O3.ClH/c1-23-10-13(18)16(22)20-8-6-11(7-9-20)15(21)19-14-5-3-2-4-12(14)17;/h2-5,11,13H,6-10,18H2,1H3,(H,19,21);1H. The van der Waals surface area contributed by atoms with E-state index in [-0.39, 0.29) is 36.7 Å². The quantitative estimate of drug-likeness (QED) is 0.763. The topological polar surface area (TPSA) is 84.7 Å². The first-order valence-corrected chi connectivity index (χ1v) is 8.41. The van der Waals surface area contributed by atoms with Crippen LogP contribution in [0, 0.1) is 5.92 Å². The van der Waals surface area contributed by atoms with Gasteiger partial charge in [0.1, 0.15) is 6.04 Å². The molecule has 1 heterocycles. The average molecular weight is 421 g/mol. The number of anilines is 1. The van der Waals surface area contributed by atoms with Gasteiger partial charge in [-0.1, -0.05) is 12.1 Å². The number of likely N-dealkylation sites (tertiary alicyclic amines) is 1. The zero-order valence-electron chi connectivity index (χ0n) is 13.5. The summed E-state index contributed by atoms with van der Waals surface area (Å²) in [5.74, 6) is -0.216. The van der Waals surface area contributed by atoms with Gasteiger partial charge in [0.05, 0.1) is 12.3 Å². The largest absolute Gasteiger partial charge is 0.383 e. The van der Waals surface area contributed by atoms with Crippen LogP contribution < -0.4 is 11.1 Å². The van der Waals surface area contributed by atoms with Crippen molar-refractivity contribution >= 4 is 45.8 Å². The third kappa shape index (κ3) is 5.44. The van der Waals surface area contributed by atoms with Crippen LogP contribution in [0.4, 0.5) is 5.69 Å². The second-order valence-electron chi connectivity index (χ2n) is 5.63. The number of benzene rings is 1. The van der Waals surface area contributed by atoms with Crippen molar-refractivity contribution in [3.8, 4) is 0 Å². The normalized spacial score (nSPS) is 16.2. The number of carbonyl (C=O) groups is 2. The number of hydrogen-bond acceptors (Lipinski definition) is 4. The number of rotatable bonds is 5. The molecular weight excluding hydrogens is 398 g/mol. The lowest BCUT2D eigenvalue weighted by Crippen LogP contribution is -2.49. The lowest BCUT2D eigenvalue weighted by atomic mass is 9.95. The first kappa shape index (κ1) is 20.9. The van der Waals surface area contributed by atoms with Crippen molar-refractivity contribution in [3.05, 3.63) is 28.7 Å². The van der Waals surface area contributed by atoms with Gasteiger partial charge < -0.3 is 20.7 Å². The van der Waals surface area contributed by atoms with Crippen LogP contribution >= 0.6 is 28.3 Å². The second kappa shape index (κ2) is 9.98. The van der Waals surface area contributed by atoms with Crippen molar-refractivity contribution in [2.75, 3.05) is 32.1 Å². The lowest BCUT2D eigenvalue weighted by molar-refractivity contribution is -0.136. The van der Waals surface area contributed by atoms with Gasteiger partial charge in [0.15, 0.2) is 0 Å². The minimum absolute atomic E-state index is 0. The number of methoxy groups -OCH3 is 1. The Labute approximate surface area is 156 Å². The minimum Gasteiger partial charge on any atom is -0.383 e. The molecule has 1 aliphatic rings. The molecule has 0 saturated carbocycles. The van der Waals surface area contributed by atoms with Crippen LogP contribution in [0.5, 0.6) is 0 Å². The van der Waals surface area contributed by atoms with Crippen molar-refractivity contribution in [2.45, 2.75) is 18.9 Å². The summed E-state index contributed by atoms with van der Waals surface area (Å²) in [6.45, 7) is 1.30. The van der Waals surface area contributed by atoms with Gasteiger partial charge in [-0.15, -0.1) is 12.4 Å². The fourth-order valence-corrected chi connectivity index (χ4v) is 3.03. The molecule has 8 heteroatoms. The van der Waals surface area contributed by atoms with E-state index in [0.29, 0.717) is 25.9 Å². The van der Waals surface area contributed by atoms with Gasteiger partial charge in [-0.25, -0.2) is 0 Å². The summed E-state index contributed by atoms with van der Waals surface area (Å²) < 4.78 is 5.76. The molecule has 1 unspecified atom stereocenters. The number of piperidine rings is 1. The highest BCUT2D eigenvalue weighted by molar-refractivity contribution is 9.10. The van der Waals surface area contributed by atoms with Crippen LogP contribution in [0.2, 0.25) is 0 Å². The predicted octanol–water partition coefficient (Wildman–Crippen LogP) is 2.02. The molecule has 0 bridgehead atoms. The first-order valence-electron chi connectivity index (χ1n) is 7.61. The molecule has 1 aromatic rings. The number of nitrogens with two attached hydrogens (primary N) is 1. The molecule has 1 fully saturated rings. The van der Waals surface area contributed by atoms with Gasteiger partial charge in [0, 0.05) is 30.6 Å². The zero-order valence-corrected chi connectivity index (χ0v) is 15.9. The van der Waals surface area contributed by atoms with E-state index < -0.39 is 6.04 Å². The highest BCUT2D eigenvalue weighted by Gasteiger charge is 2.29. The first-order chi connectivity index (χ1) is 11.0. The number of nitrogens with one attached hydrogen (secondary N) is 1. The molecule has 1 aromatic carbocycles. The van der Waals surface area contributed by atoms with Crippen molar-refractivity contribution in [3.63, 3.8) is 0 Å². The molecule has 1 atom stereocenters. The monoisotopic (exact) mass is 419 g/mol. The second-order valence-corrected chi connectivity index (χ2v) is 6.48. The van der Waals surface area contributed by atoms with E-state index >= 15 is 0 Å². The number of ether oxygens (including phenoxy) is 1. The summed E-state index contributed by atoms with van der Waals surface area (Å²) in [7, 11) is 1.52. The smallest absolute Gasteiger partial charge is 0.241 e. The Kier molecular flexibility index (Phi) is 8.69. The van der Waals surface area contributed by atoms with Crippen LogP contribution in [0.3, 0.4) is 0 Å². The van der Waals surface area contributed by atoms with E-state index in [1.165, 1.54) is 7.11 Å². The van der Waals surface area contributed by atoms with E-state index in [2.05, 4.69) is 21.2 Å². The van der Waals surface area contributed by atoms with Gasteiger partial charge in [0.25, 0.3) is 0 Å². The molecule has 1 saturated heterocycles. The number of hydrogen-bond donors (Lipinski definition) is 2. The SMILES string of the molecule is COCC(N)C(=O)N1CCC(C(=O)Nc2ccccc2Br)CC1.Cl. The van der Waals surface area contributed by atoms with E-state index in [1.54, 1.807) is 4.90 Å². The number of carbonyl (C=O) groups excluding carboxylic acids is 2. The van der Waals surface area contributed by atoms with E-state index in [4.69, 9.17) is 10.5 Å². The van der Waals surface area contributed by atoms with Crippen molar-refractivity contribution < 1.29 is 14.3 Å². The maximum Gasteiger partial charge on any atom is 0.241 e. The van der Waals surface area contributed by atoms with E-state index in [0.717, 1.165) is 10.2 Å². The number of amides is 2. The Morgan fingerprint density at radius 2 is 2.00 bits per heavy atom. The summed E-state index contributed by atoms with van der Waals surface area (Å²) in [6.07, 6.45) is 1.28. The van der Waals surface area contributed by atoms with E-state index in [9.17, 15) is 9.59 Å². The maximum absolute atomic E-state index is 12.4. The molecule has 0 spiro atoms. The summed E-state index contributed by atoms with van der Waals surface area (Å²) >= 11 is 3.41. The summed E-state index contributed by atoms with van der Waals surface area (Å²) in [6, 6.07) is 6.87. The summed E-state index contributed by atoms with van der Waals surface area (Å²) in [4.78, 5) is 26.2. The molecule has 0 aromatic heterocycles. The molecule has 1 aliphatic heterocycles. The summed E-state index contributed by atoms with van der Waals surface area (Å²) in [5, 5.41) is 2.93. The van der Waals surface area contributed by atoms with Crippen LogP contribution in [0.1, 0.15) is 12.8 Å². The Morgan fingerprint density at radius 1 is 1.38 bits per heavy atom. The molecule has 3 N–H and O–H groups in total. The van der Waals surface area contributed by atoms with Gasteiger partial charge in [0.2, 0.25) is 11.8 Å². The molecule has 134 valence electrons. The highest BCUT2D eigenvalue weighted by Crippen LogP contribution is 2.24. The maximum atomic E-state index is 12.4. The van der Waals surface area contributed by atoms with Crippen LogP contribution in [0.15, 0.2) is 28.7 Å². The molecule has 0 radical (unpaired) electrons. The number of halogens is 2. The van der Waals surface area contributed by atoms with Gasteiger partial charge >= 0.3 is 0 Å². The van der Waals surface area contributed by atoms with Gasteiger partial charge in [-0.2, -0.15) is 0 Å². The molecule has 2 rings (SSSR count). The molecule has 6 nitrogen and oxygen atoms in total. The number of nitrogens with zero attached hydrogens (tertiary/aromatic N) is 1. The summed E-state index contributed by atoms with van der Waals surface area (Å²) in [5.41, 5.74) is 6.53. The molecular formula is C16H23BrClN3O3. The zero-order chi connectivity index (χ0) is 16.8. The third-order valence-corrected chi connectivity index (χ3v) is 4.66. The lowest BCUT2D eigenvalue weighted by Gasteiger charge is -2.32. The predicted molar refractivity (Wildman–Crippen MR) is 99.2 cm³/mol. The Balaban J connectivity index is 0.00000288. The van der Waals surface area contributed by atoms with Crippen molar-refractivity contribution in [1.29, 1.82) is 0 Å². The van der Waals surface area contributed by atoms with Crippen molar-refractivity contribution in [2.24, 2.45) is 11.7 Å². The highest BCUT2D eigenvalue weighted by atomic mass is 79.9. The Bertz CT molecular complexity index is 565. The van der Waals surface area contributed by atoms with Crippen LogP contribution in [-0.4, -0.2) is 49.6 Å². The number of para-hydroxylation sites is 1. The fraction of sp³-hybridized carbons (Fsp3) is 0.500. The van der Waals surface area contributed by atoms with Gasteiger partial charge in [-0.3, -0.25) is 9.59 Å². The molecule has 24 heavy (non-hydrogen) atoms. The fourth-order valence-electron chi connectivity index (χ4n) is 2.64.